The fourth-order valence-electron chi connectivity index (χ4n) is 2.18. The average molecular weight is 283 g/mol. The lowest BCUT2D eigenvalue weighted by Crippen LogP contribution is -2.52. The van der Waals surface area contributed by atoms with Gasteiger partial charge < -0.3 is 30.8 Å². The molecule has 0 bridgehead atoms. The second-order valence-electron chi connectivity index (χ2n) is 4.52. The standard InChI is InChI=1S/C10H13N5O5/c11-10-14-7-4(12-2-13-7)8(19)15(10)9-6(18)5(17)3(16)1-20-9/h2-3,5-6,9,16-18H,1H2,(H2,11,14)(H,12,13)/t3-,5-,6-,9-/m1/s1. The van der Waals surface area contributed by atoms with Gasteiger partial charge in [-0.05, 0) is 0 Å². The Hall–Kier alpha value is -2.01. The van der Waals surface area contributed by atoms with Gasteiger partial charge in [-0.15, -0.1) is 0 Å². The molecule has 3 heterocycles. The van der Waals surface area contributed by atoms with Crippen LogP contribution in [0.2, 0.25) is 0 Å². The molecule has 0 aliphatic carbocycles. The summed E-state index contributed by atoms with van der Waals surface area (Å²) in [7, 11) is 0. The van der Waals surface area contributed by atoms with Crippen LogP contribution in [0.3, 0.4) is 0 Å². The summed E-state index contributed by atoms with van der Waals surface area (Å²) < 4.78 is 6.11. The Morgan fingerprint density at radius 3 is 2.90 bits per heavy atom. The van der Waals surface area contributed by atoms with Crippen molar-refractivity contribution in [3.63, 3.8) is 0 Å². The molecule has 0 radical (unpaired) electrons. The summed E-state index contributed by atoms with van der Waals surface area (Å²) in [5, 5.41) is 29.0. The van der Waals surface area contributed by atoms with Crippen LogP contribution in [0.1, 0.15) is 6.23 Å². The largest absolute Gasteiger partial charge is 0.388 e. The van der Waals surface area contributed by atoms with Gasteiger partial charge in [-0.1, -0.05) is 0 Å². The van der Waals surface area contributed by atoms with E-state index in [-0.39, 0.29) is 23.7 Å². The van der Waals surface area contributed by atoms with E-state index in [1.807, 2.05) is 0 Å². The number of nitrogens with zero attached hydrogens (tertiary/aromatic N) is 3. The van der Waals surface area contributed by atoms with Gasteiger partial charge in [-0.25, -0.2) is 9.55 Å². The Morgan fingerprint density at radius 2 is 2.15 bits per heavy atom. The first-order valence-corrected chi connectivity index (χ1v) is 5.87. The number of nitrogen functional groups attached to an aromatic ring is 1. The number of hydrogen-bond acceptors (Lipinski definition) is 8. The van der Waals surface area contributed by atoms with Crippen molar-refractivity contribution >= 4 is 17.1 Å². The second-order valence-corrected chi connectivity index (χ2v) is 4.52. The highest BCUT2D eigenvalue weighted by Crippen LogP contribution is 2.24. The Bertz CT molecular complexity index is 697. The third-order valence-corrected chi connectivity index (χ3v) is 3.25. The minimum Gasteiger partial charge on any atom is -0.388 e. The molecule has 10 nitrogen and oxygen atoms in total. The van der Waals surface area contributed by atoms with Gasteiger partial charge >= 0.3 is 0 Å². The van der Waals surface area contributed by atoms with Gasteiger partial charge in [0, 0.05) is 0 Å². The van der Waals surface area contributed by atoms with Gasteiger partial charge in [0.15, 0.2) is 17.4 Å². The van der Waals surface area contributed by atoms with Crippen molar-refractivity contribution in [2.45, 2.75) is 24.5 Å². The third kappa shape index (κ3) is 1.78. The van der Waals surface area contributed by atoms with E-state index in [0.717, 1.165) is 4.57 Å². The highest BCUT2D eigenvalue weighted by atomic mass is 16.5. The predicted molar refractivity (Wildman–Crippen MR) is 65.6 cm³/mol. The Morgan fingerprint density at radius 1 is 1.40 bits per heavy atom. The Labute approximate surface area is 111 Å². The number of aromatic amines is 1. The van der Waals surface area contributed by atoms with E-state index in [1.54, 1.807) is 0 Å². The molecular formula is C10H13N5O5. The summed E-state index contributed by atoms with van der Waals surface area (Å²) in [5.74, 6) is -0.206. The zero-order chi connectivity index (χ0) is 14.4. The first-order valence-electron chi connectivity index (χ1n) is 5.87. The smallest absolute Gasteiger partial charge is 0.283 e. The molecule has 3 rings (SSSR count). The molecule has 1 saturated heterocycles. The summed E-state index contributed by atoms with van der Waals surface area (Å²) in [6.07, 6.45) is -4.14. The monoisotopic (exact) mass is 283 g/mol. The molecule has 4 atom stereocenters. The SMILES string of the molecule is Nc1nc2nc[nH]c2c(=O)n1[C@@H]1OC[C@@H](O)[C@@H](O)[C@H]1O. The minimum absolute atomic E-state index is 0.107. The lowest BCUT2D eigenvalue weighted by atomic mass is 10.0. The van der Waals surface area contributed by atoms with Crippen LogP contribution in [0.25, 0.3) is 11.2 Å². The zero-order valence-electron chi connectivity index (χ0n) is 10.2. The molecule has 2 aromatic rings. The molecule has 2 aromatic heterocycles. The number of hydrogen-bond donors (Lipinski definition) is 5. The number of nitrogens with two attached hydrogens (primary N) is 1. The molecule has 10 heteroatoms. The average Bonchev–Trinajstić information content (AvgIpc) is 2.87. The molecule has 6 N–H and O–H groups in total. The quantitative estimate of drug-likeness (QED) is 0.378. The molecule has 1 fully saturated rings. The van der Waals surface area contributed by atoms with E-state index in [1.165, 1.54) is 6.33 Å². The summed E-state index contributed by atoms with van der Waals surface area (Å²) in [5.41, 5.74) is 5.35. The van der Waals surface area contributed by atoms with Crippen LogP contribution in [0.5, 0.6) is 0 Å². The van der Waals surface area contributed by atoms with Gasteiger partial charge in [0.05, 0.1) is 12.9 Å². The number of aliphatic hydroxyl groups excluding tert-OH is 3. The number of ether oxygens (including phenoxy) is 1. The van der Waals surface area contributed by atoms with Crippen molar-refractivity contribution in [3.8, 4) is 0 Å². The van der Waals surface area contributed by atoms with E-state index in [2.05, 4.69) is 15.0 Å². The maximum absolute atomic E-state index is 12.3. The van der Waals surface area contributed by atoms with Gasteiger partial charge in [0.2, 0.25) is 5.95 Å². The van der Waals surface area contributed by atoms with E-state index < -0.39 is 30.1 Å². The number of imidazole rings is 1. The second kappa shape index (κ2) is 4.52. The van der Waals surface area contributed by atoms with Crippen LogP contribution in [-0.2, 0) is 4.74 Å². The third-order valence-electron chi connectivity index (χ3n) is 3.25. The molecule has 1 aliphatic rings. The number of nitrogens with one attached hydrogen (secondary N) is 1. The summed E-state index contributed by atoms with van der Waals surface area (Å²) in [4.78, 5) is 22.6. The fraction of sp³-hybridized carbons (Fsp3) is 0.500. The normalized spacial score (nSPS) is 30.8. The van der Waals surface area contributed by atoms with Crippen molar-refractivity contribution in [3.05, 3.63) is 16.7 Å². The predicted octanol–water partition coefficient (Wildman–Crippen LogP) is -2.69. The minimum atomic E-state index is -1.51. The van der Waals surface area contributed by atoms with Crippen LogP contribution in [0.15, 0.2) is 11.1 Å². The van der Waals surface area contributed by atoms with Crippen molar-refractivity contribution < 1.29 is 20.1 Å². The first-order chi connectivity index (χ1) is 9.50. The molecule has 20 heavy (non-hydrogen) atoms. The van der Waals surface area contributed by atoms with Gasteiger partial charge in [-0.3, -0.25) is 4.79 Å². The molecule has 0 unspecified atom stereocenters. The van der Waals surface area contributed by atoms with Crippen LogP contribution in [0, 0.1) is 0 Å². The molecule has 0 aromatic carbocycles. The summed E-state index contributed by atoms with van der Waals surface area (Å²) in [6, 6.07) is 0. The van der Waals surface area contributed by atoms with Crippen LogP contribution in [0.4, 0.5) is 5.95 Å². The zero-order valence-corrected chi connectivity index (χ0v) is 10.2. The highest BCUT2D eigenvalue weighted by molar-refractivity contribution is 5.69. The molecule has 0 amide bonds. The number of aromatic nitrogens is 4. The number of rotatable bonds is 1. The molecular weight excluding hydrogens is 270 g/mol. The molecule has 0 spiro atoms. The Balaban J connectivity index is 2.12. The maximum atomic E-state index is 12.3. The van der Waals surface area contributed by atoms with Crippen LogP contribution < -0.4 is 11.3 Å². The lowest BCUT2D eigenvalue weighted by molar-refractivity contribution is -0.211. The van der Waals surface area contributed by atoms with E-state index in [4.69, 9.17) is 10.5 Å². The van der Waals surface area contributed by atoms with E-state index in [9.17, 15) is 20.1 Å². The van der Waals surface area contributed by atoms with Crippen LogP contribution in [-0.4, -0.2) is 59.8 Å². The molecule has 0 saturated carbocycles. The molecule has 108 valence electrons. The van der Waals surface area contributed by atoms with Crippen molar-refractivity contribution in [1.29, 1.82) is 0 Å². The number of aliphatic hydroxyl groups is 3. The summed E-state index contributed by atoms with van der Waals surface area (Å²) >= 11 is 0. The lowest BCUT2D eigenvalue weighted by Gasteiger charge is -2.36. The number of H-pyrrole nitrogens is 1. The molecule has 1 aliphatic heterocycles. The van der Waals surface area contributed by atoms with Crippen molar-refractivity contribution in [1.82, 2.24) is 19.5 Å². The van der Waals surface area contributed by atoms with Crippen molar-refractivity contribution in [2.24, 2.45) is 0 Å². The van der Waals surface area contributed by atoms with E-state index >= 15 is 0 Å². The summed E-state index contributed by atoms with van der Waals surface area (Å²) in [6.45, 7) is -0.240. The first kappa shape index (κ1) is 13.0. The number of fused-ring (bicyclic) bond motifs is 1. The fourth-order valence-corrected chi connectivity index (χ4v) is 2.18. The van der Waals surface area contributed by atoms with Crippen LogP contribution >= 0.6 is 0 Å². The van der Waals surface area contributed by atoms with Gasteiger partial charge in [0.1, 0.15) is 18.3 Å². The highest BCUT2D eigenvalue weighted by Gasteiger charge is 2.40. The van der Waals surface area contributed by atoms with Gasteiger partial charge in [0.25, 0.3) is 5.56 Å². The van der Waals surface area contributed by atoms with E-state index in [0.29, 0.717) is 0 Å². The van der Waals surface area contributed by atoms with Gasteiger partial charge in [-0.2, -0.15) is 4.98 Å². The number of anilines is 1. The topological polar surface area (TPSA) is 160 Å². The maximum Gasteiger partial charge on any atom is 0.283 e. The Kier molecular flexibility index (Phi) is 2.94. The van der Waals surface area contributed by atoms with Crippen molar-refractivity contribution in [2.75, 3.05) is 12.3 Å².